The first-order valence-corrected chi connectivity index (χ1v) is 10.1. The molecular weight excluding hydrogens is 380 g/mol. The Bertz CT molecular complexity index is 620. The van der Waals surface area contributed by atoms with Crippen molar-refractivity contribution in [3.8, 4) is 5.75 Å². The standard InChI is InChI=1S/C21H31BrO3/c1-20(2)10-11-21(3,4)16-14-18(17(22)13-15(16)20)25-12-8-6-5-7-9-19(23)24/h13-14H,5-12H2,1-4H3,(H,23,24). The number of carboxylic acids is 1. The molecule has 0 radical (unpaired) electrons. The second kappa shape index (κ2) is 8.11. The molecule has 1 aromatic rings. The summed E-state index contributed by atoms with van der Waals surface area (Å²) in [5, 5.41) is 8.64. The number of benzene rings is 1. The molecule has 0 amide bonds. The van der Waals surface area contributed by atoms with Crippen LogP contribution in [0.3, 0.4) is 0 Å². The van der Waals surface area contributed by atoms with E-state index in [0.29, 0.717) is 6.61 Å². The summed E-state index contributed by atoms with van der Waals surface area (Å²) in [6, 6.07) is 4.48. The molecule has 140 valence electrons. The van der Waals surface area contributed by atoms with Crippen molar-refractivity contribution in [2.24, 2.45) is 0 Å². The predicted molar refractivity (Wildman–Crippen MR) is 106 cm³/mol. The maximum atomic E-state index is 10.5. The number of hydrogen-bond acceptors (Lipinski definition) is 2. The molecule has 0 saturated heterocycles. The lowest BCUT2D eigenvalue weighted by atomic mass is 9.63. The molecule has 4 heteroatoms. The first-order chi connectivity index (χ1) is 11.6. The van der Waals surface area contributed by atoms with Gasteiger partial charge in [0.2, 0.25) is 0 Å². The number of carbonyl (C=O) groups is 1. The number of halogens is 1. The van der Waals surface area contributed by atoms with Gasteiger partial charge in [0.15, 0.2) is 0 Å². The summed E-state index contributed by atoms with van der Waals surface area (Å²) in [7, 11) is 0. The van der Waals surface area contributed by atoms with Crippen LogP contribution in [0.15, 0.2) is 16.6 Å². The average Bonchev–Trinajstić information content (AvgIpc) is 2.51. The third-order valence-electron chi connectivity index (χ3n) is 5.45. The highest BCUT2D eigenvalue weighted by atomic mass is 79.9. The summed E-state index contributed by atoms with van der Waals surface area (Å²) in [4.78, 5) is 10.5. The molecule has 0 aromatic heterocycles. The summed E-state index contributed by atoms with van der Waals surface area (Å²) in [5.74, 6) is 0.217. The molecule has 0 spiro atoms. The first-order valence-electron chi connectivity index (χ1n) is 9.32. The Labute approximate surface area is 160 Å². The van der Waals surface area contributed by atoms with E-state index < -0.39 is 5.97 Å². The zero-order chi connectivity index (χ0) is 18.7. The molecular formula is C21H31BrO3. The molecule has 1 aliphatic rings. The van der Waals surface area contributed by atoms with Gasteiger partial charge in [-0.2, -0.15) is 0 Å². The van der Waals surface area contributed by atoms with E-state index in [2.05, 4.69) is 55.8 Å². The van der Waals surface area contributed by atoms with Gasteiger partial charge in [0, 0.05) is 6.42 Å². The molecule has 1 N–H and O–H groups in total. The molecule has 3 nitrogen and oxygen atoms in total. The Hall–Kier alpha value is -1.03. The summed E-state index contributed by atoms with van der Waals surface area (Å²) in [5.41, 5.74) is 3.22. The van der Waals surface area contributed by atoms with Gasteiger partial charge >= 0.3 is 5.97 Å². The van der Waals surface area contributed by atoms with Crippen molar-refractivity contribution >= 4 is 21.9 Å². The number of aliphatic carboxylic acids is 1. The van der Waals surface area contributed by atoms with Crippen LogP contribution in [0, 0.1) is 0 Å². The fourth-order valence-corrected chi connectivity index (χ4v) is 4.05. The predicted octanol–water partition coefficient (Wildman–Crippen LogP) is 6.21. The fraction of sp³-hybridized carbons (Fsp3) is 0.667. The second-order valence-electron chi connectivity index (χ2n) is 8.50. The van der Waals surface area contributed by atoms with Crippen LogP contribution in [-0.4, -0.2) is 17.7 Å². The average molecular weight is 411 g/mol. The first kappa shape index (κ1) is 20.3. The van der Waals surface area contributed by atoms with Crippen molar-refractivity contribution in [1.29, 1.82) is 0 Å². The van der Waals surface area contributed by atoms with Crippen molar-refractivity contribution in [2.45, 2.75) is 83.5 Å². The van der Waals surface area contributed by atoms with Gasteiger partial charge in [-0.1, -0.05) is 40.5 Å². The van der Waals surface area contributed by atoms with Gasteiger partial charge < -0.3 is 9.84 Å². The lowest BCUT2D eigenvalue weighted by Crippen LogP contribution is -2.33. The summed E-state index contributed by atoms with van der Waals surface area (Å²) >= 11 is 3.68. The van der Waals surface area contributed by atoms with E-state index in [0.717, 1.165) is 35.9 Å². The van der Waals surface area contributed by atoms with E-state index in [-0.39, 0.29) is 17.3 Å². The Balaban J connectivity index is 1.97. The van der Waals surface area contributed by atoms with Gasteiger partial charge in [-0.05, 0) is 75.7 Å². The van der Waals surface area contributed by atoms with Crippen molar-refractivity contribution in [1.82, 2.24) is 0 Å². The smallest absolute Gasteiger partial charge is 0.303 e. The quantitative estimate of drug-likeness (QED) is 0.517. The molecule has 0 atom stereocenters. The van der Waals surface area contributed by atoms with Crippen molar-refractivity contribution in [3.05, 3.63) is 27.7 Å². The number of carboxylic acid groups (broad SMARTS) is 1. The molecule has 1 aliphatic carbocycles. The van der Waals surface area contributed by atoms with Gasteiger partial charge in [0.05, 0.1) is 11.1 Å². The van der Waals surface area contributed by atoms with Gasteiger partial charge in [-0.3, -0.25) is 4.79 Å². The van der Waals surface area contributed by atoms with Gasteiger partial charge in [-0.25, -0.2) is 0 Å². The lowest BCUT2D eigenvalue weighted by molar-refractivity contribution is -0.137. The Kier molecular flexibility index (Phi) is 6.58. The van der Waals surface area contributed by atoms with E-state index in [1.807, 2.05) is 0 Å². The summed E-state index contributed by atoms with van der Waals surface area (Å²) in [6.45, 7) is 9.97. The molecule has 1 aromatic carbocycles. The van der Waals surface area contributed by atoms with E-state index in [1.54, 1.807) is 0 Å². The zero-order valence-corrected chi connectivity index (χ0v) is 17.5. The molecule has 2 rings (SSSR count). The van der Waals surface area contributed by atoms with Crippen LogP contribution >= 0.6 is 15.9 Å². The third-order valence-corrected chi connectivity index (χ3v) is 6.07. The topological polar surface area (TPSA) is 46.5 Å². The number of hydrogen-bond donors (Lipinski definition) is 1. The Morgan fingerprint density at radius 2 is 1.60 bits per heavy atom. The molecule has 25 heavy (non-hydrogen) atoms. The maximum absolute atomic E-state index is 10.5. The van der Waals surface area contributed by atoms with Crippen molar-refractivity contribution < 1.29 is 14.6 Å². The fourth-order valence-electron chi connectivity index (χ4n) is 3.59. The Morgan fingerprint density at radius 3 is 2.20 bits per heavy atom. The number of fused-ring (bicyclic) bond motifs is 1. The van der Waals surface area contributed by atoms with Crippen LogP contribution in [-0.2, 0) is 15.6 Å². The van der Waals surface area contributed by atoms with E-state index in [9.17, 15) is 4.79 Å². The molecule has 0 saturated carbocycles. The van der Waals surface area contributed by atoms with E-state index in [4.69, 9.17) is 9.84 Å². The minimum atomic E-state index is -0.709. The van der Waals surface area contributed by atoms with Crippen LogP contribution < -0.4 is 4.74 Å². The summed E-state index contributed by atoms with van der Waals surface area (Å²) in [6.07, 6.45) is 6.32. The highest BCUT2D eigenvalue weighted by molar-refractivity contribution is 9.10. The molecule has 0 fully saturated rings. The molecule has 0 heterocycles. The third kappa shape index (κ3) is 5.22. The monoisotopic (exact) mass is 410 g/mol. The van der Waals surface area contributed by atoms with E-state index in [1.165, 1.54) is 24.0 Å². The van der Waals surface area contributed by atoms with Crippen LogP contribution in [0.25, 0.3) is 0 Å². The van der Waals surface area contributed by atoms with Crippen molar-refractivity contribution in [3.63, 3.8) is 0 Å². The van der Waals surface area contributed by atoms with Crippen molar-refractivity contribution in [2.75, 3.05) is 6.61 Å². The van der Waals surface area contributed by atoms with Gasteiger partial charge in [0.1, 0.15) is 5.75 Å². The van der Waals surface area contributed by atoms with Gasteiger partial charge in [0.25, 0.3) is 0 Å². The van der Waals surface area contributed by atoms with Gasteiger partial charge in [-0.15, -0.1) is 0 Å². The maximum Gasteiger partial charge on any atom is 0.303 e. The van der Waals surface area contributed by atoms with Crippen LogP contribution in [0.5, 0.6) is 5.75 Å². The number of ether oxygens (including phenoxy) is 1. The van der Waals surface area contributed by atoms with Crippen LogP contribution in [0.2, 0.25) is 0 Å². The molecule has 0 bridgehead atoms. The van der Waals surface area contributed by atoms with Crippen LogP contribution in [0.4, 0.5) is 0 Å². The molecule has 0 unspecified atom stereocenters. The zero-order valence-electron chi connectivity index (χ0n) is 16.0. The SMILES string of the molecule is CC1(C)CCC(C)(C)c2cc(OCCCCCCC(=O)O)c(Br)cc21. The highest BCUT2D eigenvalue weighted by Gasteiger charge is 2.37. The second-order valence-corrected chi connectivity index (χ2v) is 9.36. The normalized spacial score (nSPS) is 17.8. The lowest BCUT2D eigenvalue weighted by Gasteiger charge is -2.42. The largest absolute Gasteiger partial charge is 0.492 e. The minimum Gasteiger partial charge on any atom is -0.492 e. The highest BCUT2D eigenvalue weighted by Crippen LogP contribution is 2.48. The van der Waals surface area contributed by atoms with E-state index >= 15 is 0 Å². The Morgan fingerprint density at radius 1 is 1.04 bits per heavy atom. The minimum absolute atomic E-state index is 0.181. The summed E-state index contributed by atoms with van der Waals surface area (Å²) < 4.78 is 7.06. The number of rotatable bonds is 8. The van der Waals surface area contributed by atoms with Crippen LogP contribution in [0.1, 0.15) is 83.8 Å². The molecule has 0 aliphatic heterocycles. The number of unbranched alkanes of at least 4 members (excludes halogenated alkanes) is 3.